The summed E-state index contributed by atoms with van der Waals surface area (Å²) in [6.45, 7) is 0. The van der Waals surface area contributed by atoms with E-state index in [0.29, 0.717) is 5.56 Å². The molecule has 0 saturated heterocycles. The molecule has 1 aromatic rings. The molecule has 5 heteroatoms. The van der Waals surface area contributed by atoms with Gasteiger partial charge in [-0.2, -0.15) is 0 Å². The third kappa shape index (κ3) is 2.03. The summed E-state index contributed by atoms with van der Waals surface area (Å²) in [5.74, 6) is -1.17. The van der Waals surface area contributed by atoms with E-state index in [4.69, 9.17) is 5.11 Å². The maximum atomic E-state index is 11.1. The Kier molecular flexibility index (Phi) is 2.60. The molecule has 0 spiro atoms. The van der Waals surface area contributed by atoms with E-state index in [1.807, 2.05) is 0 Å². The van der Waals surface area contributed by atoms with Crippen molar-refractivity contribution in [3.8, 4) is 0 Å². The first kappa shape index (κ1) is 10.6. The topological polar surface area (TPSA) is 80.4 Å². The van der Waals surface area contributed by atoms with E-state index in [1.165, 1.54) is 24.3 Å². The minimum atomic E-state index is -0.851. The van der Waals surface area contributed by atoms with Crippen LogP contribution in [0.4, 0.5) is 5.69 Å². The lowest BCUT2D eigenvalue weighted by molar-refractivity contribution is -0.384. The number of non-ortho nitro benzene ring substituents is 1. The number of carboxylic acid groups (broad SMARTS) is 1. The summed E-state index contributed by atoms with van der Waals surface area (Å²) in [5.41, 5.74) is 0.643. The average molecular weight is 221 g/mol. The largest absolute Gasteiger partial charge is 0.481 e. The quantitative estimate of drug-likeness (QED) is 0.624. The lowest BCUT2D eigenvalue weighted by Gasteiger charge is -2.10. The van der Waals surface area contributed by atoms with Crippen molar-refractivity contribution in [3.63, 3.8) is 0 Å². The molecule has 1 aliphatic rings. The summed E-state index contributed by atoms with van der Waals surface area (Å²) in [4.78, 5) is 21.0. The van der Waals surface area contributed by atoms with Crippen LogP contribution < -0.4 is 0 Å². The monoisotopic (exact) mass is 221 g/mol. The molecule has 16 heavy (non-hydrogen) atoms. The average Bonchev–Trinajstić information content (AvgIpc) is 3.02. The fourth-order valence-corrected chi connectivity index (χ4v) is 1.85. The van der Waals surface area contributed by atoms with Gasteiger partial charge < -0.3 is 5.11 Å². The number of hydrogen-bond acceptors (Lipinski definition) is 3. The zero-order valence-corrected chi connectivity index (χ0v) is 8.50. The molecule has 0 bridgehead atoms. The summed E-state index contributed by atoms with van der Waals surface area (Å²) in [6, 6.07) is 5.78. The summed E-state index contributed by atoms with van der Waals surface area (Å²) < 4.78 is 0. The zero-order valence-electron chi connectivity index (χ0n) is 8.50. The van der Waals surface area contributed by atoms with Crippen LogP contribution in [0, 0.1) is 16.0 Å². The van der Waals surface area contributed by atoms with Gasteiger partial charge in [0.15, 0.2) is 0 Å². The van der Waals surface area contributed by atoms with Gasteiger partial charge >= 0.3 is 5.97 Å². The van der Waals surface area contributed by atoms with Gasteiger partial charge in [-0.3, -0.25) is 14.9 Å². The van der Waals surface area contributed by atoms with Crippen LogP contribution in [-0.4, -0.2) is 16.0 Å². The Hall–Kier alpha value is -1.91. The molecule has 1 atom stereocenters. The predicted octanol–water partition coefficient (Wildman–Crippen LogP) is 2.17. The molecule has 0 aromatic heterocycles. The molecule has 0 aliphatic heterocycles. The minimum absolute atomic E-state index is 0.0105. The van der Waals surface area contributed by atoms with Crippen molar-refractivity contribution in [2.75, 3.05) is 0 Å². The van der Waals surface area contributed by atoms with Gasteiger partial charge in [-0.25, -0.2) is 0 Å². The minimum Gasteiger partial charge on any atom is -0.481 e. The number of hydrogen-bond donors (Lipinski definition) is 1. The number of nitro groups is 1. The highest BCUT2D eigenvalue weighted by molar-refractivity contribution is 5.77. The second-order valence-electron chi connectivity index (χ2n) is 4.00. The van der Waals surface area contributed by atoms with Gasteiger partial charge in [0, 0.05) is 12.1 Å². The van der Waals surface area contributed by atoms with Crippen molar-refractivity contribution in [2.45, 2.75) is 18.8 Å². The van der Waals surface area contributed by atoms with Gasteiger partial charge in [0.2, 0.25) is 0 Å². The molecule has 1 aromatic carbocycles. The molecule has 5 nitrogen and oxygen atoms in total. The molecular weight excluding hydrogens is 210 g/mol. The fraction of sp³-hybridized carbons (Fsp3) is 0.364. The first-order valence-electron chi connectivity index (χ1n) is 5.07. The highest BCUT2D eigenvalue weighted by atomic mass is 16.6. The number of benzene rings is 1. The van der Waals surface area contributed by atoms with Crippen LogP contribution in [0.25, 0.3) is 0 Å². The molecule has 1 aliphatic carbocycles. The first-order valence-corrected chi connectivity index (χ1v) is 5.07. The van der Waals surface area contributed by atoms with Crippen molar-refractivity contribution in [1.82, 2.24) is 0 Å². The Morgan fingerprint density at radius 1 is 1.38 bits per heavy atom. The Morgan fingerprint density at radius 3 is 2.31 bits per heavy atom. The molecule has 1 N–H and O–H groups in total. The summed E-state index contributed by atoms with van der Waals surface area (Å²) >= 11 is 0. The van der Waals surface area contributed by atoms with Crippen LogP contribution in [0.2, 0.25) is 0 Å². The standard InChI is InChI=1S/C11H11NO4/c13-11(14)10(7-1-2-7)8-3-5-9(6-4-8)12(15)16/h3-7,10H,1-2H2,(H,13,14). The molecule has 0 heterocycles. The number of carboxylic acids is 1. The van der Waals surface area contributed by atoms with Crippen LogP contribution in [-0.2, 0) is 4.79 Å². The molecular formula is C11H11NO4. The van der Waals surface area contributed by atoms with Crippen molar-refractivity contribution in [3.05, 3.63) is 39.9 Å². The highest BCUT2D eigenvalue weighted by Gasteiger charge is 2.37. The van der Waals surface area contributed by atoms with Crippen LogP contribution in [0.15, 0.2) is 24.3 Å². The summed E-state index contributed by atoms with van der Waals surface area (Å²) in [5, 5.41) is 19.5. The number of nitro benzene ring substituents is 1. The van der Waals surface area contributed by atoms with E-state index < -0.39 is 16.8 Å². The third-order valence-corrected chi connectivity index (χ3v) is 2.82. The highest BCUT2D eigenvalue weighted by Crippen LogP contribution is 2.42. The van der Waals surface area contributed by atoms with Crippen molar-refractivity contribution < 1.29 is 14.8 Å². The molecule has 1 unspecified atom stereocenters. The van der Waals surface area contributed by atoms with Gasteiger partial charge in [0.1, 0.15) is 0 Å². The van der Waals surface area contributed by atoms with E-state index in [-0.39, 0.29) is 11.6 Å². The van der Waals surface area contributed by atoms with Gasteiger partial charge in [0.25, 0.3) is 5.69 Å². The first-order chi connectivity index (χ1) is 7.59. The molecule has 1 fully saturated rings. The lowest BCUT2D eigenvalue weighted by Crippen LogP contribution is -2.13. The van der Waals surface area contributed by atoms with Crippen molar-refractivity contribution in [2.24, 2.45) is 5.92 Å². The number of rotatable bonds is 4. The number of nitrogens with zero attached hydrogens (tertiary/aromatic N) is 1. The van der Waals surface area contributed by atoms with E-state index in [1.54, 1.807) is 0 Å². The second kappa shape index (κ2) is 3.92. The SMILES string of the molecule is O=C(O)C(c1ccc([N+](=O)[O-])cc1)C1CC1. The normalized spacial score (nSPS) is 16.8. The van der Waals surface area contributed by atoms with Crippen molar-refractivity contribution in [1.29, 1.82) is 0 Å². The van der Waals surface area contributed by atoms with Crippen LogP contribution in [0.3, 0.4) is 0 Å². The van der Waals surface area contributed by atoms with Gasteiger partial charge in [0.05, 0.1) is 10.8 Å². The molecule has 0 radical (unpaired) electrons. The second-order valence-corrected chi connectivity index (χ2v) is 4.00. The van der Waals surface area contributed by atoms with Gasteiger partial charge in [-0.1, -0.05) is 12.1 Å². The molecule has 2 rings (SSSR count). The Morgan fingerprint density at radius 2 is 1.94 bits per heavy atom. The maximum Gasteiger partial charge on any atom is 0.311 e. The van der Waals surface area contributed by atoms with Crippen molar-refractivity contribution >= 4 is 11.7 Å². The maximum absolute atomic E-state index is 11.1. The molecule has 1 saturated carbocycles. The smallest absolute Gasteiger partial charge is 0.311 e. The summed E-state index contributed by atoms with van der Waals surface area (Å²) in [6.07, 6.45) is 1.85. The predicted molar refractivity (Wildman–Crippen MR) is 56.2 cm³/mol. The van der Waals surface area contributed by atoms with E-state index in [2.05, 4.69) is 0 Å². The van der Waals surface area contributed by atoms with Crippen LogP contribution in [0.5, 0.6) is 0 Å². The Labute approximate surface area is 91.9 Å². The zero-order chi connectivity index (χ0) is 11.7. The van der Waals surface area contributed by atoms with E-state index in [9.17, 15) is 14.9 Å². The van der Waals surface area contributed by atoms with Gasteiger partial charge in [-0.05, 0) is 24.3 Å². The molecule has 84 valence electrons. The lowest BCUT2D eigenvalue weighted by atomic mass is 9.94. The Bertz CT molecular complexity index is 422. The van der Waals surface area contributed by atoms with Crippen LogP contribution >= 0.6 is 0 Å². The number of carbonyl (C=O) groups is 1. The van der Waals surface area contributed by atoms with E-state index >= 15 is 0 Å². The van der Waals surface area contributed by atoms with Gasteiger partial charge in [-0.15, -0.1) is 0 Å². The van der Waals surface area contributed by atoms with Crippen LogP contribution in [0.1, 0.15) is 24.3 Å². The fourth-order valence-electron chi connectivity index (χ4n) is 1.85. The Balaban J connectivity index is 2.25. The summed E-state index contributed by atoms with van der Waals surface area (Å²) in [7, 11) is 0. The molecule has 0 amide bonds. The number of aliphatic carboxylic acids is 1. The van der Waals surface area contributed by atoms with E-state index in [0.717, 1.165) is 12.8 Å². The third-order valence-electron chi connectivity index (χ3n) is 2.82.